The second kappa shape index (κ2) is 7.92. The van der Waals surface area contributed by atoms with Crippen LogP contribution < -0.4 is 15.1 Å². The molecule has 1 aromatic carbocycles. The topological polar surface area (TPSA) is 106 Å². The van der Waals surface area contributed by atoms with E-state index in [1.54, 1.807) is 24.0 Å². The molecule has 1 aromatic heterocycles. The van der Waals surface area contributed by atoms with Gasteiger partial charge in [-0.1, -0.05) is 0 Å². The fraction of sp³-hybridized carbons (Fsp3) is 0.450. The van der Waals surface area contributed by atoms with Crippen LogP contribution in [0.4, 0.5) is 0 Å². The van der Waals surface area contributed by atoms with Crippen LogP contribution in [0.25, 0.3) is 11.0 Å². The first-order valence-electron chi connectivity index (χ1n) is 9.05. The number of nitrogens with zero attached hydrogens (tertiary/aromatic N) is 1. The number of aliphatic carboxylic acids is 1. The number of hydrogen-bond acceptors (Lipinski definition) is 6. The zero-order valence-corrected chi connectivity index (χ0v) is 16.1. The summed E-state index contributed by atoms with van der Waals surface area (Å²) in [6.45, 7) is 2.52. The smallest absolute Gasteiger partial charge is 0.340 e. The summed E-state index contributed by atoms with van der Waals surface area (Å²) in [5.74, 6) is -0.683. The SMILES string of the molecule is COc1ccc2c(C)c(CC(=O)N3CCC(C(=O)O)CC3)c(=O)oc2c1OC. The van der Waals surface area contributed by atoms with E-state index in [0.29, 0.717) is 53.9 Å². The summed E-state index contributed by atoms with van der Waals surface area (Å²) in [6, 6.07) is 3.48. The molecule has 0 bridgehead atoms. The summed E-state index contributed by atoms with van der Waals surface area (Å²) >= 11 is 0. The first-order valence-corrected chi connectivity index (χ1v) is 9.05. The molecule has 150 valence electrons. The Labute approximate surface area is 161 Å². The monoisotopic (exact) mass is 389 g/mol. The molecule has 0 unspecified atom stereocenters. The highest BCUT2D eigenvalue weighted by atomic mass is 16.5. The van der Waals surface area contributed by atoms with Gasteiger partial charge < -0.3 is 23.9 Å². The first kappa shape index (κ1) is 19.7. The number of carboxylic acid groups (broad SMARTS) is 1. The predicted molar refractivity (Wildman–Crippen MR) is 101 cm³/mol. The molecule has 2 aromatic rings. The van der Waals surface area contributed by atoms with E-state index in [4.69, 9.17) is 19.0 Å². The molecule has 0 spiro atoms. The van der Waals surface area contributed by atoms with Crippen LogP contribution in [0, 0.1) is 12.8 Å². The van der Waals surface area contributed by atoms with Gasteiger partial charge in [-0.25, -0.2) is 4.79 Å². The lowest BCUT2D eigenvalue weighted by Gasteiger charge is -2.30. The third kappa shape index (κ3) is 3.54. The molecular formula is C20H23NO7. The molecule has 0 radical (unpaired) electrons. The molecular weight excluding hydrogens is 366 g/mol. The molecule has 1 saturated heterocycles. The van der Waals surface area contributed by atoms with Crippen LogP contribution in [0.5, 0.6) is 11.5 Å². The van der Waals surface area contributed by atoms with Crippen molar-refractivity contribution >= 4 is 22.8 Å². The maximum atomic E-state index is 12.7. The average molecular weight is 389 g/mol. The van der Waals surface area contributed by atoms with Gasteiger partial charge in [0.25, 0.3) is 0 Å². The van der Waals surface area contributed by atoms with Crippen molar-refractivity contribution in [3.05, 3.63) is 33.7 Å². The number of carbonyl (C=O) groups is 2. The third-order valence-electron chi connectivity index (χ3n) is 5.32. The fourth-order valence-electron chi connectivity index (χ4n) is 3.61. The Hall–Kier alpha value is -3.03. The normalized spacial score (nSPS) is 14.9. The minimum Gasteiger partial charge on any atom is -0.493 e. The summed E-state index contributed by atoms with van der Waals surface area (Å²) in [6.07, 6.45) is 0.753. The number of fused-ring (bicyclic) bond motifs is 1. The molecule has 3 rings (SSSR count). The highest BCUT2D eigenvalue weighted by Gasteiger charge is 2.28. The minimum atomic E-state index is -0.831. The number of hydrogen-bond donors (Lipinski definition) is 1. The van der Waals surface area contributed by atoms with E-state index in [-0.39, 0.29) is 17.9 Å². The zero-order chi connectivity index (χ0) is 20.4. The number of methoxy groups -OCH3 is 2. The van der Waals surface area contributed by atoms with Crippen molar-refractivity contribution in [1.29, 1.82) is 0 Å². The zero-order valence-electron chi connectivity index (χ0n) is 16.1. The van der Waals surface area contributed by atoms with E-state index in [1.165, 1.54) is 14.2 Å². The van der Waals surface area contributed by atoms with E-state index < -0.39 is 17.5 Å². The number of carbonyl (C=O) groups excluding carboxylic acids is 1. The van der Waals surface area contributed by atoms with Gasteiger partial charge >= 0.3 is 11.6 Å². The molecule has 28 heavy (non-hydrogen) atoms. The van der Waals surface area contributed by atoms with Gasteiger partial charge in [0, 0.05) is 18.5 Å². The lowest BCUT2D eigenvalue weighted by molar-refractivity contribution is -0.145. The van der Waals surface area contributed by atoms with E-state index >= 15 is 0 Å². The molecule has 1 fully saturated rings. The van der Waals surface area contributed by atoms with Gasteiger partial charge in [0.15, 0.2) is 11.3 Å². The molecule has 1 amide bonds. The molecule has 0 saturated carbocycles. The van der Waals surface area contributed by atoms with Crippen LogP contribution in [0.3, 0.4) is 0 Å². The Morgan fingerprint density at radius 1 is 1.21 bits per heavy atom. The predicted octanol–water partition coefficient (Wildman–Crippen LogP) is 1.98. The van der Waals surface area contributed by atoms with E-state index in [0.717, 1.165) is 0 Å². The van der Waals surface area contributed by atoms with Gasteiger partial charge in [0.1, 0.15) is 0 Å². The molecule has 8 heteroatoms. The van der Waals surface area contributed by atoms with Crippen molar-refractivity contribution in [3.63, 3.8) is 0 Å². The number of piperidine rings is 1. The van der Waals surface area contributed by atoms with Crippen molar-refractivity contribution < 1.29 is 28.6 Å². The molecule has 8 nitrogen and oxygen atoms in total. The van der Waals surface area contributed by atoms with Crippen LogP contribution in [0.1, 0.15) is 24.0 Å². The molecule has 1 aliphatic rings. The third-order valence-corrected chi connectivity index (χ3v) is 5.32. The number of rotatable bonds is 5. The van der Waals surface area contributed by atoms with Crippen LogP contribution in [-0.2, 0) is 16.0 Å². The van der Waals surface area contributed by atoms with Gasteiger partial charge in [-0.05, 0) is 37.5 Å². The standard InChI is InChI=1S/C20H23NO7/c1-11-13-4-5-15(26-2)18(27-3)17(13)28-20(25)14(11)10-16(22)21-8-6-12(7-9-21)19(23)24/h4-5,12H,6-10H2,1-3H3,(H,23,24). The fourth-order valence-corrected chi connectivity index (χ4v) is 3.61. The van der Waals surface area contributed by atoms with Crippen molar-refractivity contribution in [3.8, 4) is 11.5 Å². The average Bonchev–Trinajstić information content (AvgIpc) is 2.70. The van der Waals surface area contributed by atoms with Gasteiger partial charge in [0.05, 0.1) is 32.1 Å². The number of aryl methyl sites for hydroxylation is 1. The number of benzene rings is 1. The van der Waals surface area contributed by atoms with Crippen LogP contribution in [0.15, 0.2) is 21.3 Å². The summed E-state index contributed by atoms with van der Waals surface area (Å²) in [5.41, 5.74) is 0.638. The number of ether oxygens (including phenoxy) is 2. The van der Waals surface area contributed by atoms with Gasteiger partial charge in [-0.3, -0.25) is 9.59 Å². The highest BCUT2D eigenvalue weighted by molar-refractivity contribution is 5.90. The largest absolute Gasteiger partial charge is 0.493 e. The Bertz CT molecular complexity index is 971. The Morgan fingerprint density at radius 3 is 2.46 bits per heavy atom. The lowest BCUT2D eigenvalue weighted by atomic mass is 9.96. The Balaban J connectivity index is 1.89. The number of amides is 1. The lowest BCUT2D eigenvalue weighted by Crippen LogP contribution is -2.41. The Morgan fingerprint density at radius 2 is 1.89 bits per heavy atom. The maximum Gasteiger partial charge on any atom is 0.340 e. The molecule has 0 aliphatic carbocycles. The van der Waals surface area contributed by atoms with Crippen LogP contribution in [-0.4, -0.2) is 49.2 Å². The van der Waals surface area contributed by atoms with Crippen molar-refractivity contribution in [2.75, 3.05) is 27.3 Å². The maximum absolute atomic E-state index is 12.7. The van der Waals surface area contributed by atoms with Crippen molar-refractivity contribution in [2.24, 2.45) is 5.92 Å². The summed E-state index contributed by atoms with van der Waals surface area (Å²) in [7, 11) is 2.96. The first-order chi connectivity index (χ1) is 13.4. The molecule has 1 N–H and O–H groups in total. The van der Waals surface area contributed by atoms with E-state index in [1.807, 2.05) is 0 Å². The number of likely N-dealkylation sites (tertiary alicyclic amines) is 1. The van der Waals surface area contributed by atoms with Crippen molar-refractivity contribution in [2.45, 2.75) is 26.2 Å². The van der Waals surface area contributed by atoms with Crippen LogP contribution in [0.2, 0.25) is 0 Å². The van der Waals surface area contributed by atoms with E-state index in [2.05, 4.69) is 0 Å². The molecule has 1 aliphatic heterocycles. The Kier molecular flexibility index (Phi) is 5.58. The summed E-state index contributed by atoms with van der Waals surface area (Å²) < 4.78 is 16.0. The summed E-state index contributed by atoms with van der Waals surface area (Å²) in [5, 5.41) is 9.75. The quantitative estimate of drug-likeness (QED) is 0.780. The van der Waals surface area contributed by atoms with Crippen molar-refractivity contribution in [1.82, 2.24) is 4.90 Å². The van der Waals surface area contributed by atoms with E-state index in [9.17, 15) is 14.4 Å². The molecule has 2 heterocycles. The van der Waals surface area contributed by atoms with Gasteiger partial charge in [0.2, 0.25) is 11.7 Å². The van der Waals surface area contributed by atoms with Gasteiger partial charge in [-0.2, -0.15) is 0 Å². The summed E-state index contributed by atoms with van der Waals surface area (Å²) in [4.78, 5) is 37.9. The number of carboxylic acids is 1. The minimum absolute atomic E-state index is 0.0871. The van der Waals surface area contributed by atoms with Crippen LogP contribution >= 0.6 is 0 Å². The second-order valence-electron chi connectivity index (χ2n) is 6.84. The molecule has 0 atom stereocenters. The second-order valence-corrected chi connectivity index (χ2v) is 6.84. The highest BCUT2D eigenvalue weighted by Crippen LogP contribution is 2.36. The van der Waals surface area contributed by atoms with Gasteiger partial charge in [-0.15, -0.1) is 0 Å².